The van der Waals surface area contributed by atoms with Gasteiger partial charge in [0.25, 0.3) is 5.91 Å². The minimum atomic E-state index is -1.13. The van der Waals surface area contributed by atoms with Gasteiger partial charge in [-0.2, -0.15) is 0 Å². The van der Waals surface area contributed by atoms with Crippen molar-refractivity contribution in [2.75, 3.05) is 16.8 Å². The lowest BCUT2D eigenvalue weighted by atomic mass is 10.1. The summed E-state index contributed by atoms with van der Waals surface area (Å²) in [6.07, 6.45) is 3.28. The summed E-state index contributed by atoms with van der Waals surface area (Å²) < 4.78 is 13.1. The van der Waals surface area contributed by atoms with Crippen LogP contribution in [0.4, 0.5) is 15.9 Å². The van der Waals surface area contributed by atoms with E-state index in [4.69, 9.17) is 0 Å². The number of carboxylic acids is 1. The molecule has 0 fully saturated rings. The van der Waals surface area contributed by atoms with E-state index in [0.717, 1.165) is 18.4 Å². The molecule has 0 saturated heterocycles. The molecule has 0 spiro atoms. The molecule has 0 aliphatic heterocycles. The number of halogens is 1. The van der Waals surface area contributed by atoms with E-state index >= 15 is 0 Å². The third kappa shape index (κ3) is 5.88. The molecule has 31 heavy (non-hydrogen) atoms. The van der Waals surface area contributed by atoms with Crippen LogP contribution in [-0.4, -0.2) is 28.5 Å². The Balaban J connectivity index is 1.87. The van der Waals surface area contributed by atoms with Gasteiger partial charge < -0.3 is 15.3 Å². The third-order valence-corrected chi connectivity index (χ3v) is 4.76. The number of aromatic carboxylic acids is 1. The number of anilines is 2. The Morgan fingerprint density at radius 2 is 1.81 bits per heavy atom. The molecule has 2 N–H and O–H groups in total. The molecule has 1 amide bonds. The lowest BCUT2D eigenvalue weighted by molar-refractivity contribution is 0.0696. The molecule has 0 unspecified atom stereocenters. The van der Waals surface area contributed by atoms with Crippen molar-refractivity contribution in [3.8, 4) is 0 Å². The highest BCUT2D eigenvalue weighted by atomic mass is 19.1. The zero-order valence-corrected chi connectivity index (χ0v) is 17.2. The number of benzene rings is 2. The number of unbranched alkanes of at least 4 members (excludes halogenated alkanes) is 1. The molecule has 7 heteroatoms. The summed E-state index contributed by atoms with van der Waals surface area (Å²) in [5, 5.41) is 12.4. The van der Waals surface area contributed by atoms with E-state index in [1.165, 1.54) is 36.5 Å². The topological polar surface area (TPSA) is 82.5 Å². The number of pyridine rings is 1. The van der Waals surface area contributed by atoms with Crippen LogP contribution in [0, 0.1) is 5.82 Å². The van der Waals surface area contributed by atoms with Gasteiger partial charge in [-0.05, 0) is 42.3 Å². The number of hydrogen-bond donors (Lipinski definition) is 2. The minimum absolute atomic E-state index is 0.00365. The van der Waals surface area contributed by atoms with Gasteiger partial charge in [0.1, 0.15) is 17.2 Å². The maximum atomic E-state index is 13.1. The number of carbonyl (C=O) groups is 2. The predicted molar refractivity (Wildman–Crippen MR) is 118 cm³/mol. The summed E-state index contributed by atoms with van der Waals surface area (Å²) in [4.78, 5) is 30.7. The molecule has 3 rings (SSSR count). The van der Waals surface area contributed by atoms with Gasteiger partial charge in [-0.1, -0.05) is 43.7 Å². The van der Waals surface area contributed by atoms with Crippen LogP contribution in [0.25, 0.3) is 0 Å². The molecule has 0 saturated carbocycles. The average Bonchev–Trinajstić information content (AvgIpc) is 2.77. The summed E-state index contributed by atoms with van der Waals surface area (Å²) in [5.74, 6) is -1.70. The number of hydrogen-bond acceptors (Lipinski definition) is 4. The molecule has 1 heterocycles. The Hall–Kier alpha value is -3.74. The van der Waals surface area contributed by atoms with Gasteiger partial charge >= 0.3 is 5.97 Å². The van der Waals surface area contributed by atoms with Crippen LogP contribution in [0.2, 0.25) is 0 Å². The second kappa shape index (κ2) is 10.3. The quantitative estimate of drug-likeness (QED) is 0.509. The lowest BCUT2D eigenvalue weighted by Crippen LogP contribution is -2.27. The van der Waals surface area contributed by atoms with Gasteiger partial charge in [-0.15, -0.1) is 0 Å². The number of carboxylic acid groups (broad SMARTS) is 1. The Bertz CT molecular complexity index is 1040. The maximum Gasteiger partial charge on any atom is 0.339 e. The second-order valence-electron chi connectivity index (χ2n) is 7.12. The van der Waals surface area contributed by atoms with Gasteiger partial charge in [-0.25, -0.2) is 14.2 Å². The Morgan fingerprint density at radius 1 is 1.10 bits per heavy atom. The number of aromatic nitrogens is 1. The summed E-state index contributed by atoms with van der Waals surface area (Å²) >= 11 is 0. The van der Waals surface area contributed by atoms with Crippen molar-refractivity contribution >= 4 is 23.4 Å². The average molecular weight is 421 g/mol. The summed E-state index contributed by atoms with van der Waals surface area (Å²) in [6.45, 7) is 3.25. The first-order chi connectivity index (χ1) is 15.0. The minimum Gasteiger partial charge on any atom is -0.478 e. The van der Waals surface area contributed by atoms with Crippen LogP contribution >= 0.6 is 0 Å². The van der Waals surface area contributed by atoms with E-state index in [9.17, 15) is 19.1 Å². The summed E-state index contributed by atoms with van der Waals surface area (Å²) in [5.41, 5.74) is 1.57. The molecule has 0 aliphatic carbocycles. The SMILES string of the molecule is CCCCN(Cc1ccccc1)c1ncc(NC(=O)c2ccc(F)cc2)cc1C(=O)O. The molecule has 2 aromatic carbocycles. The molecular weight excluding hydrogens is 397 g/mol. The van der Waals surface area contributed by atoms with Crippen LogP contribution < -0.4 is 10.2 Å². The van der Waals surface area contributed by atoms with Crippen molar-refractivity contribution < 1.29 is 19.1 Å². The molecular formula is C24H24FN3O3. The first kappa shape index (κ1) is 22.0. The number of amides is 1. The fourth-order valence-electron chi connectivity index (χ4n) is 3.15. The predicted octanol–water partition coefficient (Wildman–Crippen LogP) is 4.98. The van der Waals surface area contributed by atoms with Crippen molar-refractivity contribution in [1.29, 1.82) is 0 Å². The molecule has 0 atom stereocenters. The van der Waals surface area contributed by atoms with Crippen LogP contribution in [0.3, 0.4) is 0 Å². The van der Waals surface area contributed by atoms with Gasteiger partial charge in [0.2, 0.25) is 0 Å². The van der Waals surface area contributed by atoms with Crippen molar-refractivity contribution in [1.82, 2.24) is 4.98 Å². The highest BCUT2D eigenvalue weighted by Gasteiger charge is 2.19. The number of nitrogens with one attached hydrogen (secondary N) is 1. The van der Waals surface area contributed by atoms with Crippen molar-refractivity contribution in [3.63, 3.8) is 0 Å². The standard InChI is InChI=1S/C24H24FN3O3/c1-2-3-13-28(16-17-7-5-4-6-8-17)22-21(24(30)31)14-20(15-26-22)27-23(29)18-9-11-19(25)12-10-18/h4-12,14-15H,2-3,13,16H2,1H3,(H,27,29)(H,30,31). The van der Waals surface area contributed by atoms with E-state index in [1.807, 2.05) is 35.2 Å². The molecule has 0 bridgehead atoms. The first-order valence-corrected chi connectivity index (χ1v) is 10.1. The Kier molecular flexibility index (Phi) is 7.32. The fourth-order valence-corrected chi connectivity index (χ4v) is 3.15. The Labute approximate surface area is 180 Å². The smallest absolute Gasteiger partial charge is 0.339 e. The summed E-state index contributed by atoms with van der Waals surface area (Å²) in [7, 11) is 0. The zero-order valence-electron chi connectivity index (χ0n) is 17.2. The highest BCUT2D eigenvalue weighted by molar-refractivity contribution is 6.05. The van der Waals surface area contributed by atoms with Crippen LogP contribution in [0.15, 0.2) is 66.9 Å². The van der Waals surface area contributed by atoms with E-state index in [2.05, 4.69) is 17.2 Å². The van der Waals surface area contributed by atoms with Gasteiger partial charge in [-0.3, -0.25) is 4.79 Å². The molecule has 0 aliphatic rings. The highest BCUT2D eigenvalue weighted by Crippen LogP contribution is 2.24. The van der Waals surface area contributed by atoms with Crippen LogP contribution in [0.5, 0.6) is 0 Å². The second-order valence-corrected chi connectivity index (χ2v) is 7.12. The normalized spacial score (nSPS) is 10.5. The maximum absolute atomic E-state index is 13.1. The lowest BCUT2D eigenvalue weighted by Gasteiger charge is -2.25. The van der Waals surface area contributed by atoms with E-state index in [-0.39, 0.29) is 16.8 Å². The number of rotatable bonds is 9. The Morgan fingerprint density at radius 3 is 2.45 bits per heavy atom. The van der Waals surface area contributed by atoms with Crippen LogP contribution in [0.1, 0.15) is 46.0 Å². The summed E-state index contributed by atoms with van der Waals surface area (Å²) in [6, 6.07) is 16.3. The third-order valence-electron chi connectivity index (χ3n) is 4.76. The van der Waals surface area contributed by atoms with Crippen molar-refractivity contribution in [3.05, 3.63) is 89.4 Å². The molecule has 160 valence electrons. The zero-order chi connectivity index (χ0) is 22.2. The van der Waals surface area contributed by atoms with E-state index in [0.29, 0.717) is 18.9 Å². The van der Waals surface area contributed by atoms with E-state index in [1.54, 1.807) is 0 Å². The van der Waals surface area contributed by atoms with Crippen LogP contribution in [-0.2, 0) is 6.54 Å². The molecule has 3 aromatic rings. The van der Waals surface area contributed by atoms with E-state index < -0.39 is 17.7 Å². The molecule has 0 radical (unpaired) electrons. The number of nitrogens with zero attached hydrogens (tertiary/aromatic N) is 2. The van der Waals surface area contributed by atoms with Gasteiger partial charge in [0.15, 0.2) is 0 Å². The van der Waals surface area contributed by atoms with Crippen molar-refractivity contribution in [2.45, 2.75) is 26.3 Å². The molecule has 1 aromatic heterocycles. The van der Waals surface area contributed by atoms with Gasteiger partial charge in [0, 0.05) is 18.7 Å². The first-order valence-electron chi connectivity index (χ1n) is 10.1. The van der Waals surface area contributed by atoms with Gasteiger partial charge in [0.05, 0.1) is 11.9 Å². The largest absolute Gasteiger partial charge is 0.478 e. The monoisotopic (exact) mass is 421 g/mol. The van der Waals surface area contributed by atoms with Crippen molar-refractivity contribution in [2.24, 2.45) is 0 Å². The molecule has 6 nitrogen and oxygen atoms in total. The fraction of sp³-hybridized carbons (Fsp3) is 0.208. The number of carbonyl (C=O) groups excluding carboxylic acids is 1.